The van der Waals surface area contributed by atoms with E-state index >= 15 is 0 Å². The lowest BCUT2D eigenvalue weighted by atomic mass is 10.1. The third-order valence-electron chi connectivity index (χ3n) is 3.67. The van der Waals surface area contributed by atoms with Crippen molar-refractivity contribution in [3.63, 3.8) is 0 Å². The number of para-hydroxylation sites is 1. The second kappa shape index (κ2) is 8.10. The van der Waals surface area contributed by atoms with E-state index in [1.807, 2.05) is 32.0 Å². The minimum Gasteiger partial charge on any atom is -0.376 e. The quantitative estimate of drug-likeness (QED) is 0.723. The molecule has 1 aromatic rings. The Morgan fingerprint density at radius 3 is 2.68 bits per heavy atom. The Balaban J connectivity index is 1.71. The van der Waals surface area contributed by atoms with Gasteiger partial charge in [-0.2, -0.15) is 0 Å². The van der Waals surface area contributed by atoms with Crippen molar-refractivity contribution in [1.82, 2.24) is 10.6 Å². The van der Waals surface area contributed by atoms with Gasteiger partial charge in [-0.15, -0.1) is 0 Å². The van der Waals surface area contributed by atoms with Crippen molar-refractivity contribution in [1.29, 1.82) is 0 Å². The number of hydrogen-bond donors (Lipinski definition) is 3. The number of benzene rings is 1. The van der Waals surface area contributed by atoms with E-state index in [4.69, 9.17) is 17.0 Å². The van der Waals surface area contributed by atoms with Gasteiger partial charge in [0.05, 0.1) is 12.6 Å². The maximum atomic E-state index is 12.0. The molecule has 0 aromatic heterocycles. The molecule has 1 aliphatic rings. The highest BCUT2D eigenvalue weighted by atomic mass is 32.1. The number of carbonyl (C=O) groups is 1. The summed E-state index contributed by atoms with van der Waals surface area (Å²) in [5.74, 6) is -0.112. The van der Waals surface area contributed by atoms with Crippen LogP contribution in [-0.4, -0.2) is 36.8 Å². The Morgan fingerprint density at radius 1 is 1.32 bits per heavy atom. The molecule has 1 atom stereocenters. The standard InChI is InChI=1S/C16H23N3O2S/c1-11-5-3-6-12(2)15(11)19-14(20)10-18-16(22)17-9-13-7-4-8-21-13/h3,5-6,13H,4,7-10H2,1-2H3,(H,19,20)(H2,17,18,22)/t13-/m1/s1. The van der Waals surface area contributed by atoms with Crippen molar-refractivity contribution in [3.05, 3.63) is 29.3 Å². The summed E-state index contributed by atoms with van der Waals surface area (Å²) in [6, 6.07) is 5.93. The van der Waals surface area contributed by atoms with Crippen LogP contribution in [-0.2, 0) is 9.53 Å². The maximum Gasteiger partial charge on any atom is 0.243 e. The molecule has 0 radical (unpaired) electrons. The first kappa shape index (κ1) is 16.7. The highest BCUT2D eigenvalue weighted by Crippen LogP contribution is 2.18. The van der Waals surface area contributed by atoms with Crippen molar-refractivity contribution in [2.24, 2.45) is 0 Å². The molecule has 3 N–H and O–H groups in total. The lowest BCUT2D eigenvalue weighted by Crippen LogP contribution is -2.42. The molecule has 22 heavy (non-hydrogen) atoms. The molecule has 6 heteroatoms. The number of rotatable bonds is 5. The topological polar surface area (TPSA) is 62.4 Å². The molecule has 1 heterocycles. The van der Waals surface area contributed by atoms with Gasteiger partial charge in [-0.1, -0.05) is 18.2 Å². The lowest BCUT2D eigenvalue weighted by Gasteiger charge is -2.15. The van der Waals surface area contributed by atoms with Crippen LogP contribution >= 0.6 is 12.2 Å². The molecule has 1 amide bonds. The molecule has 0 unspecified atom stereocenters. The third kappa shape index (κ3) is 4.96. The van der Waals surface area contributed by atoms with Crippen LogP contribution in [0, 0.1) is 13.8 Å². The van der Waals surface area contributed by atoms with Gasteiger partial charge < -0.3 is 20.7 Å². The summed E-state index contributed by atoms with van der Waals surface area (Å²) in [4.78, 5) is 12.0. The number of ether oxygens (including phenoxy) is 1. The molecule has 0 aliphatic carbocycles. The fourth-order valence-electron chi connectivity index (χ4n) is 2.43. The molecule has 0 bridgehead atoms. The van der Waals surface area contributed by atoms with E-state index < -0.39 is 0 Å². The van der Waals surface area contributed by atoms with Crippen LogP contribution in [0.2, 0.25) is 0 Å². The van der Waals surface area contributed by atoms with E-state index in [0.717, 1.165) is 36.3 Å². The Labute approximate surface area is 136 Å². The molecule has 120 valence electrons. The summed E-state index contributed by atoms with van der Waals surface area (Å²) in [7, 11) is 0. The van der Waals surface area contributed by atoms with Gasteiger partial charge in [0, 0.05) is 18.8 Å². The summed E-state index contributed by atoms with van der Waals surface area (Å²) >= 11 is 5.17. The van der Waals surface area contributed by atoms with Gasteiger partial charge in [-0.3, -0.25) is 4.79 Å². The first-order chi connectivity index (χ1) is 10.6. The smallest absolute Gasteiger partial charge is 0.243 e. The minimum absolute atomic E-state index is 0.112. The van der Waals surface area contributed by atoms with E-state index in [1.54, 1.807) is 0 Å². The number of hydrogen-bond acceptors (Lipinski definition) is 3. The summed E-state index contributed by atoms with van der Waals surface area (Å²) in [6.45, 7) is 5.61. The number of anilines is 1. The van der Waals surface area contributed by atoms with Gasteiger partial charge in [0.1, 0.15) is 0 Å². The largest absolute Gasteiger partial charge is 0.376 e. The number of amides is 1. The number of aryl methyl sites for hydroxylation is 2. The molecule has 0 spiro atoms. The zero-order valence-electron chi connectivity index (χ0n) is 13.1. The van der Waals surface area contributed by atoms with Crippen LogP contribution in [0.1, 0.15) is 24.0 Å². The van der Waals surface area contributed by atoms with Crippen LogP contribution in [0.15, 0.2) is 18.2 Å². The summed E-state index contributed by atoms with van der Waals surface area (Å²) in [6.07, 6.45) is 2.39. The Hall–Kier alpha value is -1.66. The normalized spacial score (nSPS) is 17.1. The van der Waals surface area contributed by atoms with Gasteiger partial charge in [0.15, 0.2) is 5.11 Å². The molecule has 0 saturated carbocycles. The molecule has 1 aromatic carbocycles. The second-order valence-electron chi connectivity index (χ2n) is 5.51. The Bertz CT molecular complexity index is 522. The van der Waals surface area contributed by atoms with E-state index in [1.165, 1.54) is 0 Å². The molecule has 1 fully saturated rings. The maximum absolute atomic E-state index is 12.0. The van der Waals surface area contributed by atoms with Crippen molar-refractivity contribution < 1.29 is 9.53 Å². The number of carbonyl (C=O) groups excluding carboxylic acids is 1. The third-order valence-corrected chi connectivity index (χ3v) is 3.96. The first-order valence-electron chi connectivity index (χ1n) is 7.55. The molecule has 1 aliphatic heterocycles. The van der Waals surface area contributed by atoms with Gasteiger partial charge >= 0.3 is 0 Å². The number of thiocarbonyl (C=S) groups is 1. The zero-order valence-corrected chi connectivity index (χ0v) is 13.9. The molecule has 2 rings (SSSR count). The predicted octanol–water partition coefficient (Wildman–Crippen LogP) is 1.89. The molecular weight excluding hydrogens is 298 g/mol. The Morgan fingerprint density at radius 2 is 2.05 bits per heavy atom. The van der Waals surface area contributed by atoms with E-state index in [9.17, 15) is 4.79 Å². The second-order valence-corrected chi connectivity index (χ2v) is 5.92. The summed E-state index contributed by atoms with van der Waals surface area (Å²) in [5, 5.41) is 9.40. The Kier molecular flexibility index (Phi) is 6.15. The van der Waals surface area contributed by atoms with Crippen LogP contribution < -0.4 is 16.0 Å². The van der Waals surface area contributed by atoms with Crippen LogP contribution in [0.4, 0.5) is 5.69 Å². The van der Waals surface area contributed by atoms with Gasteiger partial charge in [-0.05, 0) is 50.0 Å². The van der Waals surface area contributed by atoms with Crippen LogP contribution in [0.3, 0.4) is 0 Å². The SMILES string of the molecule is Cc1cccc(C)c1NC(=O)CNC(=S)NC[C@H]1CCCO1. The fraction of sp³-hybridized carbons (Fsp3) is 0.500. The monoisotopic (exact) mass is 321 g/mol. The predicted molar refractivity (Wildman–Crippen MR) is 92.1 cm³/mol. The van der Waals surface area contributed by atoms with Crippen molar-refractivity contribution in [3.8, 4) is 0 Å². The summed E-state index contributed by atoms with van der Waals surface area (Å²) < 4.78 is 5.51. The number of nitrogens with one attached hydrogen (secondary N) is 3. The van der Waals surface area contributed by atoms with E-state index in [2.05, 4.69) is 16.0 Å². The van der Waals surface area contributed by atoms with Gasteiger partial charge in [-0.25, -0.2) is 0 Å². The molecular formula is C16H23N3O2S. The van der Waals surface area contributed by atoms with Crippen molar-refractivity contribution >= 4 is 28.9 Å². The summed E-state index contributed by atoms with van der Waals surface area (Å²) in [5.41, 5.74) is 2.97. The van der Waals surface area contributed by atoms with Gasteiger partial charge in [0.25, 0.3) is 0 Å². The average molecular weight is 321 g/mol. The zero-order chi connectivity index (χ0) is 15.9. The van der Waals surface area contributed by atoms with Gasteiger partial charge in [0.2, 0.25) is 5.91 Å². The molecule has 1 saturated heterocycles. The highest BCUT2D eigenvalue weighted by molar-refractivity contribution is 7.80. The van der Waals surface area contributed by atoms with Crippen molar-refractivity contribution in [2.45, 2.75) is 32.8 Å². The molecule has 5 nitrogen and oxygen atoms in total. The average Bonchev–Trinajstić information content (AvgIpc) is 3.00. The minimum atomic E-state index is -0.112. The van der Waals surface area contributed by atoms with Crippen LogP contribution in [0.5, 0.6) is 0 Å². The fourth-order valence-corrected chi connectivity index (χ4v) is 2.59. The van der Waals surface area contributed by atoms with Crippen molar-refractivity contribution in [2.75, 3.05) is 25.0 Å². The van der Waals surface area contributed by atoms with E-state index in [-0.39, 0.29) is 18.6 Å². The van der Waals surface area contributed by atoms with Crippen LogP contribution in [0.25, 0.3) is 0 Å². The van der Waals surface area contributed by atoms with E-state index in [0.29, 0.717) is 11.7 Å². The lowest BCUT2D eigenvalue weighted by molar-refractivity contribution is -0.115. The first-order valence-corrected chi connectivity index (χ1v) is 7.96. The highest BCUT2D eigenvalue weighted by Gasteiger charge is 2.15.